The van der Waals surface area contributed by atoms with E-state index in [9.17, 15) is 46.0 Å². The van der Waals surface area contributed by atoms with Gasteiger partial charge in [-0.15, -0.1) is 0 Å². The van der Waals surface area contributed by atoms with Crippen LogP contribution in [0.5, 0.6) is 0 Å². The second-order valence-corrected chi connectivity index (χ2v) is 9.19. The maximum atomic E-state index is 10.7. The zero-order valence-electron chi connectivity index (χ0n) is 18.7. The molecule has 9 aliphatic rings. The predicted octanol–water partition coefficient (Wildman–Crippen LogP) is -6.24. The van der Waals surface area contributed by atoms with E-state index in [2.05, 4.69) is 0 Å². The SMILES string of the molecule is OCC1OC2O[C@@H]3C(CO)O[C@H](O[C@@H]4C(CO)O[C@H](COC[C@H]1[C@@H](O)C2O)C(O)[C@@H]4O)C(O)[C@@H]3O. The van der Waals surface area contributed by atoms with Crippen molar-refractivity contribution in [2.24, 2.45) is 5.92 Å². The summed E-state index contributed by atoms with van der Waals surface area (Å²) < 4.78 is 33.5. The summed E-state index contributed by atoms with van der Waals surface area (Å²) in [6.45, 7) is -2.54. The third-order valence-corrected chi connectivity index (χ3v) is 6.99. The minimum atomic E-state index is -1.81. The van der Waals surface area contributed by atoms with E-state index in [4.69, 9.17) is 28.4 Å². The van der Waals surface area contributed by atoms with Crippen molar-refractivity contribution < 1.29 is 74.4 Å². The van der Waals surface area contributed by atoms with Crippen molar-refractivity contribution >= 4 is 0 Å². The van der Waals surface area contributed by atoms with Gasteiger partial charge in [-0.3, -0.25) is 0 Å². The Bertz CT molecular complexity index is 679. The van der Waals surface area contributed by atoms with Crippen molar-refractivity contribution in [2.75, 3.05) is 33.0 Å². The molecule has 9 aliphatic heterocycles. The first-order valence-corrected chi connectivity index (χ1v) is 11.5. The van der Waals surface area contributed by atoms with Crippen molar-refractivity contribution in [3.05, 3.63) is 0 Å². The molecule has 0 saturated carbocycles. The molecule has 0 spiro atoms. The molecule has 15 nitrogen and oxygen atoms in total. The molecule has 35 heavy (non-hydrogen) atoms. The first kappa shape index (κ1) is 27.4. The largest absolute Gasteiger partial charge is 0.394 e. The highest BCUT2D eigenvalue weighted by Gasteiger charge is 2.53. The summed E-state index contributed by atoms with van der Waals surface area (Å²) in [5.74, 6) is -0.947. The molecule has 9 saturated heterocycles. The van der Waals surface area contributed by atoms with Crippen LogP contribution in [0.1, 0.15) is 0 Å². The van der Waals surface area contributed by atoms with Gasteiger partial charge in [0.05, 0.1) is 45.2 Å². The van der Waals surface area contributed by atoms with Gasteiger partial charge >= 0.3 is 0 Å². The fourth-order valence-electron chi connectivity index (χ4n) is 4.92. The number of aliphatic hydroxyl groups excluding tert-OH is 9. The van der Waals surface area contributed by atoms with Crippen LogP contribution in [0.25, 0.3) is 0 Å². The minimum absolute atomic E-state index is 0.252. The van der Waals surface area contributed by atoms with E-state index < -0.39 is 112 Å². The molecule has 204 valence electrons. The third kappa shape index (κ3) is 5.22. The lowest BCUT2D eigenvalue weighted by Crippen LogP contribution is -2.66. The highest BCUT2D eigenvalue weighted by atomic mass is 16.7. The van der Waals surface area contributed by atoms with E-state index in [-0.39, 0.29) is 13.2 Å². The predicted molar refractivity (Wildman–Crippen MR) is 107 cm³/mol. The van der Waals surface area contributed by atoms with Gasteiger partial charge < -0.3 is 74.4 Å². The summed E-state index contributed by atoms with van der Waals surface area (Å²) in [5.41, 5.74) is 0. The first-order chi connectivity index (χ1) is 16.7. The van der Waals surface area contributed by atoms with Crippen molar-refractivity contribution in [1.82, 2.24) is 0 Å². The molecule has 15 atom stereocenters. The molecule has 0 aromatic heterocycles. The zero-order valence-corrected chi connectivity index (χ0v) is 18.7. The number of hydrogen-bond acceptors (Lipinski definition) is 15. The molecule has 7 unspecified atom stereocenters. The van der Waals surface area contributed by atoms with E-state index in [1.807, 2.05) is 0 Å². The maximum absolute atomic E-state index is 10.7. The molecule has 15 heteroatoms. The van der Waals surface area contributed by atoms with Crippen LogP contribution in [0, 0.1) is 5.92 Å². The average molecular weight is 514 g/mol. The topological polar surface area (TPSA) is 237 Å². The van der Waals surface area contributed by atoms with E-state index in [0.717, 1.165) is 0 Å². The highest BCUT2D eigenvalue weighted by Crippen LogP contribution is 2.34. The maximum Gasteiger partial charge on any atom is 0.187 e. The van der Waals surface area contributed by atoms with Crippen LogP contribution in [0.2, 0.25) is 0 Å². The summed E-state index contributed by atoms with van der Waals surface area (Å²) in [6, 6.07) is 0. The van der Waals surface area contributed by atoms with Crippen molar-refractivity contribution in [2.45, 2.75) is 85.8 Å². The molecule has 0 aromatic carbocycles. The third-order valence-electron chi connectivity index (χ3n) is 6.99. The average Bonchev–Trinajstić information content (AvgIpc) is 2.86. The minimum Gasteiger partial charge on any atom is -0.394 e. The molecule has 6 bridgehead atoms. The summed E-state index contributed by atoms with van der Waals surface area (Å²) >= 11 is 0. The lowest BCUT2D eigenvalue weighted by molar-refractivity contribution is -0.369. The summed E-state index contributed by atoms with van der Waals surface area (Å²) in [4.78, 5) is 0. The van der Waals surface area contributed by atoms with Crippen LogP contribution in [0.4, 0.5) is 0 Å². The zero-order chi connectivity index (χ0) is 25.4. The Kier molecular flexibility index (Phi) is 8.95. The van der Waals surface area contributed by atoms with Gasteiger partial charge in [-0.1, -0.05) is 0 Å². The molecule has 0 amide bonds. The molecule has 9 fully saturated rings. The van der Waals surface area contributed by atoms with Crippen LogP contribution in [-0.2, 0) is 28.4 Å². The molecule has 0 radical (unpaired) electrons. The standard InChI is InChI=1S/C20H34O15/c21-1-7-6-4-30-5-10-12(25)13(26)17(8(2-22)31-10)34-20-16(29)14(27)18(9(3-23)33-20)35-19(32-7)15(28)11(6)24/h6-29H,1-5H2/t6-,7?,8?,9?,10-,11-,12?,13+,14+,15?,16?,17-,18-,19?,20-/m1/s1. The van der Waals surface area contributed by atoms with Crippen LogP contribution < -0.4 is 0 Å². The molecule has 9 heterocycles. The van der Waals surface area contributed by atoms with E-state index in [1.54, 1.807) is 0 Å². The van der Waals surface area contributed by atoms with Crippen molar-refractivity contribution in [3.63, 3.8) is 0 Å². The molecular formula is C20H34O15. The van der Waals surface area contributed by atoms with Gasteiger partial charge in [-0.25, -0.2) is 0 Å². The van der Waals surface area contributed by atoms with Crippen LogP contribution in [-0.4, -0.2) is 165 Å². The second kappa shape index (κ2) is 11.4. The van der Waals surface area contributed by atoms with Gasteiger partial charge in [0.25, 0.3) is 0 Å². The van der Waals surface area contributed by atoms with E-state index in [0.29, 0.717) is 0 Å². The number of hydrogen-bond donors (Lipinski definition) is 9. The molecule has 9 N–H and O–H groups in total. The summed E-state index contributed by atoms with van der Waals surface area (Å²) in [5, 5.41) is 93.3. The molecule has 0 aromatic rings. The van der Waals surface area contributed by atoms with Crippen LogP contribution >= 0.6 is 0 Å². The lowest BCUT2D eigenvalue weighted by atomic mass is 9.89. The number of ether oxygens (including phenoxy) is 6. The molecule has 9 rings (SSSR count). The quantitative estimate of drug-likeness (QED) is 0.170. The number of aliphatic hydroxyl groups is 9. The van der Waals surface area contributed by atoms with E-state index >= 15 is 0 Å². The Labute approximate surface area is 199 Å². The second-order valence-electron chi connectivity index (χ2n) is 9.19. The smallest absolute Gasteiger partial charge is 0.187 e. The molecular weight excluding hydrogens is 480 g/mol. The van der Waals surface area contributed by atoms with E-state index in [1.165, 1.54) is 0 Å². The van der Waals surface area contributed by atoms with Gasteiger partial charge in [0, 0.05) is 5.92 Å². The van der Waals surface area contributed by atoms with Gasteiger partial charge in [0.1, 0.15) is 61.0 Å². The Hall–Kier alpha value is -0.600. The summed E-state index contributed by atoms with van der Waals surface area (Å²) in [6.07, 6.45) is -20.8. The fourth-order valence-corrected chi connectivity index (χ4v) is 4.92. The Morgan fingerprint density at radius 1 is 0.486 bits per heavy atom. The highest BCUT2D eigenvalue weighted by molar-refractivity contribution is 4.97. The van der Waals surface area contributed by atoms with Crippen molar-refractivity contribution in [3.8, 4) is 0 Å². The van der Waals surface area contributed by atoms with Gasteiger partial charge in [0.2, 0.25) is 0 Å². The van der Waals surface area contributed by atoms with Crippen LogP contribution in [0.3, 0.4) is 0 Å². The Balaban J connectivity index is 1.68. The first-order valence-electron chi connectivity index (χ1n) is 11.5. The Morgan fingerprint density at radius 3 is 1.54 bits per heavy atom. The number of rotatable bonds is 3. The Morgan fingerprint density at radius 2 is 0.971 bits per heavy atom. The fraction of sp³-hybridized carbons (Fsp3) is 1.00. The van der Waals surface area contributed by atoms with Crippen LogP contribution in [0.15, 0.2) is 0 Å². The summed E-state index contributed by atoms with van der Waals surface area (Å²) in [7, 11) is 0. The normalized spacial score (nSPS) is 53.6. The monoisotopic (exact) mass is 514 g/mol. The van der Waals surface area contributed by atoms with Gasteiger partial charge in [-0.05, 0) is 0 Å². The van der Waals surface area contributed by atoms with Gasteiger partial charge in [-0.2, -0.15) is 0 Å². The lowest BCUT2D eigenvalue weighted by Gasteiger charge is -2.48. The molecule has 0 aliphatic carbocycles. The van der Waals surface area contributed by atoms with Crippen molar-refractivity contribution in [1.29, 1.82) is 0 Å². The van der Waals surface area contributed by atoms with Gasteiger partial charge in [0.15, 0.2) is 12.6 Å².